The van der Waals surface area contributed by atoms with Crippen molar-refractivity contribution in [2.75, 3.05) is 6.61 Å². The van der Waals surface area contributed by atoms with Crippen LogP contribution in [-0.2, 0) is 19.1 Å². The number of ketones is 2. The van der Waals surface area contributed by atoms with Crippen molar-refractivity contribution in [2.45, 2.75) is 251 Å². The third-order valence-electron chi connectivity index (χ3n) is 10.6. The van der Waals surface area contributed by atoms with Crippen LogP contribution in [0.4, 0.5) is 0 Å². The van der Waals surface area contributed by atoms with E-state index in [0.29, 0.717) is 19.3 Å². The van der Waals surface area contributed by atoms with E-state index in [0.717, 1.165) is 96.3 Å². The van der Waals surface area contributed by atoms with Gasteiger partial charge in [-0.1, -0.05) is 173 Å². The Morgan fingerprint density at radius 1 is 0.453 bits per heavy atom. The molecular formula is C47H86O6. The standard InChI is InChI=1S/C47H86O6/c1-4-7-10-13-15-17-19-21-23-25-27-29-31-34-37-40-44(50)47(45(51)42-48,43(49)39-36-33-12-9-6-3)53-46(52)41-38-35-32-30-28-26-24-22-20-18-16-14-11-8-5-2/h21-24,45,48,51H,4-20,25-42H2,1-3H3/b23-21-,24-22-. The highest BCUT2D eigenvalue weighted by atomic mass is 16.6. The van der Waals surface area contributed by atoms with E-state index in [1.165, 1.54) is 83.5 Å². The number of allylic oxidation sites excluding steroid dienone is 4. The van der Waals surface area contributed by atoms with E-state index in [4.69, 9.17) is 4.74 Å². The summed E-state index contributed by atoms with van der Waals surface area (Å²) >= 11 is 0. The summed E-state index contributed by atoms with van der Waals surface area (Å²) in [5.41, 5.74) is -2.32. The van der Waals surface area contributed by atoms with Crippen LogP contribution in [0.3, 0.4) is 0 Å². The molecule has 0 bridgehead atoms. The molecule has 2 atom stereocenters. The summed E-state index contributed by atoms with van der Waals surface area (Å²) < 4.78 is 5.72. The molecule has 0 spiro atoms. The molecule has 0 fully saturated rings. The van der Waals surface area contributed by atoms with Crippen molar-refractivity contribution in [3.8, 4) is 0 Å². The van der Waals surface area contributed by atoms with Gasteiger partial charge in [0.1, 0.15) is 6.10 Å². The summed E-state index contributed by atoms with van der Waals surface area (Å²) in [6, 6.07) is 0. The maximum atomic E-state index is 13.7. The third-order valence-corrected chi connectivity index (χ3v) is 10.6. The fraction of sp³-hybridized carbons (Fsp3) is 0.851. The Morgan fingerprint density at radius 3 is 1.06 bits per heavy atom. The molecule has 2 N–H and O–H groups in total. The van der Waals surface area contributed by atoms with Crippen LogP contribution < -0.4 is 0 Å². The van der Waals surface area contributed by atoms with Crippen molar-refractivity contribution in [1.29, 1.82) is 0 Å². The minimum absolute atomic E-state index is 0.0392. The highest BCUT2D eigenvalue weighted by Gasteiger charge is 2.53. The molecule has 0 aliphatic heterocycles. The normalized spacial score (nSPS) is 13.5. The van der Waals surface area contributed by atoms with Crippen molar-refractivity contribution < 1.29 is 29.3 Å². The Hall–Kier alpha value is -1.79. The maximum Gasteiger partial charge on any atom is 0.307 e. The van der Waals surface area contributed by atoms with Gasteiger partial charge in [-0.3, -0.25) is 14.4 Å². The smallest absolute Gasteiger partial charge is 0.307 e. The number of hydrogen-bond acceptors (Lipinski definition) is 6. The molecule has 6 heteroatoms. The Balaban J connectivity index is 4.77. The number of Topliss-reactive ketones (excluding diaryl/α,β-unsaturated/α-hetero) is 2. The highest BCUT2D eigenvalue weighted by Crippen LogP contribution is 2.27. The zero-order chi connectivity index (χ0) is 39.1. The summed E-state index contributed by atoms with van der Waals surface area (Å²) in [7, 11) is 0. The second-order valence-electron chi connectivity index (χ2n) is 15.6. The molecule has 0 rings (SSSR count). The lowest BCUT2D eigenvalue weighted by molar-refractivity contribution is -0.188. The maximum absolute atomic E-state index is 13.7. The van der Waals surface area contributed by atoms with Gasteiger partial charge in [0.25, 0.3) is 5.60 Å². The zero-order valence-electron chi connectivity index (χ0n) is 35.2. The van der Waals surface area contributed by atoms with Gasteiger partial charge in [0.05, 0.1) is 6.61 Å². The van der Waals surface area contributed by atoms with Crippen LogP contribution >= 0.6 is 0 Å². The van der Waals surface area contributed by atoms with E-state index in [1.807, 2.05) is 0 Å². The molecule has 6 nitrogen and oxygen atoms in total. The SMILES string of the molecule is CCCCCCCC/C=C\CCCCCCCC(=O)OC(C(=O)CCCCCCC)(C(=O)CCCCCCC/C=C\CCCCCCCC)C(O)CO. The van der Waals surface area contributed by atoms with Crippen molar-refractivity contribution in [3.63, 3.8) is 0 Å². The monoisotopic (exact) mass is 747 g/mol. The summed E-state index contributed by atoms with van der Waals surface area (Å²) in [6.45, 7) is 5.80. The van der Waals surface area contributed by atoms with E-state index in [-0.39, 0.29) is 19.3 Å². The van der Waals surface area contributed by atoms with Crippen molar-refractivity contribution in [2.24, 2.45) is 0 Å². The molecule has 0 aliphatic rings. The number of ether oxygens (including phenoxy) is 1. The molecule has 53 heavy (non-hydrogen) atoms. The van der Waals surface area contributed by atoms with E-state index in [1.54, 1.807) is 0 Å². The molecular weight excluding hydrogens is 661 g/mol. The predicted octanol–water partition coefficient (Wildman–Crippen LogP) is 13.2. The second kappa shape index (κ2) is 38.5. The zero-order valence-corrected chi connectivity index (χ0v) is 35.2. The average Bonchev–Trinajstić information content (AvgIpc) is 3.16. The highest BCUT2D eigenvalue weighted by molar-refractivity contribution is 6.12. The molecule has 0 heterocycles. The Morgan fingerprint density at radius 2 is 0.736 bits per heavy atom. The molecule has 0 saturated carbocycles. The Kier molecular flexibility index (Phi) is 37.2. The number of aliphatic hydroxyl groups is 2. The fourth-order valence-electron chi connectivity index (χ4n) is 7.03. The largest absolute Gasteiger partial charge is 0.440 e. The lowest BCUT2D eigenvalue weighted by atomic mass is 9.82. The number of hydrogen-bond donors (Lipinski definition) is 2. The van der Waals surface area contributed by atoms with Gasteiger partial charge in [-0.2, -0.15) is 0 Å². The average molecular weight is 747 g/mol. The topological polar surface area (TPSA) is 101 Å². The van der Waals surface area contributed by atoms with Crippen LogP contribution in [0.1, 0.15) is 239 Å². The van der Waals surface area contributed by atoms with E-state index < -0.39 is 35.8 Å². The number of carbonyl (C=O) groups excluding carboxylic acids is 3. The Bertz CT molecular complexity index is 911. The summed E-state index contributed by atoms with van der Waals surface area (Å²) in [5.74, 6) is -1.80. The minimum Gasteiger partial charge on any atom is -0.440 e. The van der Waals surface area contributed by atoms with Gasteiger partial charge in [0, 0.05) is 19.3 Å². The molecule has 0 saturated heterocycles. The first-order valence-corrected chi connectivity index (χ1v) is 22.8. The van der Waals surface area contributed by atoms with Crippen LogP contribution in [0.15, 0.2) is 24.3 Å². The molecule has 2 unspecified atom stereocenters. The number of unbranched alkanes of at least 4 members (excludes halogenated alkanes) is 26. The quantitative estimate of drug-likeness (QED) is 0.0280. The second-order valence-corrected chi connectivity index (χ2v) is 15.6. The molecule has 0 radical (unpaired) electrons. The van der Waals surface area contributed by atoms with Gasteiger partial charge < -0.3 is 14.9 Å². The number of esters is 1. The summed E-state index contributed by atoms with van der Waals surface area (Å²) in [5, 5.41) is 20.9. The molecule has 0 aromatic rings. The van der Waals surface area contributed by atoms with Gasteiger partial charge in [0.15, 0.2) is 11.6 Å². The van der Waals surface area contributed by atoms with Crippen molar-refractivity contribution >= 4 is 17.5 Å². The van der Waals surface area contributed by atoms with Crippen molar-refractivity contribution in [1.82, 2.24) is 0 Å². The molecule has 0 aromatic heterocycles. The van der Waals surface area contributed by atoms with Crippen LogP contribution in [-0.4, -0.2) is 46.1 Å². The number of aliphatic hydroxyl groups excluding tert-OH is 2. The first-order valence-electron chi connectivity index (χ1n) is 22.8. The van der Waals surface area contributed by atoms with Crippen LogP contribution in [0, 0.1) is 0 Å². The number of rotatable bonds is 41. The fourth-order valence-corrected chi connectivity index (χ4v) is 7.03. The lowest BCUT2D eigenvalue weighted by Gasteiger charge is -2.34. The van der Waals surface area contributed by atoms with E-state index in [9.17, 15) is 24.6 Å². The molecule has 0 amide bonds. The lowest BCUT2D eigenvalue weighted by Crippen LogP contribution is -2.60. The van der Waals surface area contributed by atoms with Gasteiger partial charge >= 0.3 is 5.97 Å². The summed E-state index contributed by atoms with van der Waals surface area (Å²) in [6.07, 6.45) is 41.7. The van der Waals surface area contributed by atoms with Gasteiger partial charge in [-0.25, -0.2) is 0 Å². The first kappa shape index (κ1) is 51.2. The summed E-state index contributed by atoms with van der Waals surface area (Å²) in [4.78, 5) is 40.5. The Labute approximate surface area is 327 Å². The molecule has 0 aromatic carbocycles. The minimum atomic E-state index is -2.32. The number of carbonyl (C=O) groups is 3. The van der Waals surface area contributed by atoms with Gasteiger partial charge in [-0.05, 0) is 70.6 Å². The third kappa shape index (κ3) is 28.3. The van der Waals surface area contributed by atoms with Gasteiger partial charge in [-0.15, -0.1) is 0 Å². The van der Waals surface area contributed by atoms with Crippen LogP contribution in [0.5, 0.6) is 0 Å². The molecule has 310 valence electrons. The van der Waals surface area contributed by atoms with Crippen LogP contribution in [0.2, 0.25) is 0 Å². The van der Waals surface area contributed by atoms with Crippen molar-refractivity contribution in [3.05, 3.63) is 24.3 Å². The predicted molar refractivity (Wildman–Crippen MR) is 224 cm³/mol. The van der Waals surface area contributed by atoms with E-state index in [2.05, 4.69) is 45.1 Å². The van der Waals surface area contributed by atoms with Crippen LogP contribution in [0.25, 0.3) is 0 Å². The first-order chi connectivity index (χ1) is 25.9. The van der Waals surface area contributed by atoms with Gasteiger partial charge in [0.2, 0.25) is 0 Å². The molecule has 0 aliphatic carbocycles. The van der Waals surface area contributed by atoms with E-state index >= 15 is 0 Å².